The van der Waals surface area contributed by atoms with E-state index in [1.54, 1.807) is 24.2 Å². The molecule has 1 amide bonds. The summed E-state index contributed by atoms with van der Waals surface area (Å²) < 4.78 is 6.02. The number of rotatable bonds is 10. The monoisotopic (exact) mass is 376 g/mol. The van der Waals surface area contributed by atoms with E-state index in [4.69, 9.17) is 4.74 Å². The first-order chi connectivity index (χ1) is 12.2. The smallest absolute Gasteiger partial charge is 0.233 e. The van der Waals surface area contributed by atoms with Crippen molar-refractivity contribution in [1.29, 1.82) is 0 Å². The molecule has 0 aliphatic rings. The molecule has 2 rings (SSSR count). The van der Waals surface area contributed by atoms with Gasteiger partial charge in [0.1, 0.15) is 5.75 Å². The molecule has 0 saturated carbocycles. The van der Waals surface area contributed by atoms with Crippen LogP contribution in [0, 0.1) is 0 Å². The molecule has 2 aromatic rings. The number of carbonyl (C=O) groups is 1. The van der Waals surface area contributed by atoms with E-state index >= 15 is 0 Å². The molecule has 0 atom stereocenters. The van der Waals surface area contributed by atoms with E-state index in [0.29, 0.717) is 24.0 Å². The SMILES string of the molecule is C=CCN(CC=C)C(=O)CSc1nnc(Nc2ccccc2OC)s1. The summed E-state index contributed by atoms with van der Waals surface area (Å²) in [5, 5.41) is 12.0. The molecular formula is C17H20N4O2S2. The van der Waals surface area contributed by atoms with Crippen molar-refractivity contribution in [3.63, 3.8) is 0 Å². The highest BCUT2D eigenvalue weighted by Gasteiger charge is 2.13. The van der Waals surface area contributed by atoms with E-state index in [-0.39, 0.29) is 5.91 Å². The van der Waals surface area contributed by atoms with Crippen LogP contribution in [-0.4, -0.2) is 47.0 Å². The molecule has 25 heavy (non-hydrogen) atoms. The van der Waals surface area contributed by atoms with Gasteiger partial charge in [0, 0.05) is 13.1 Å². The van der Waals surface area contributed by atoms with E-state index in [1.165, 1.54) is 23.1 Å². The highest BCUT2D eigenvalue weighted by Crippen LogP contribution is 2.31. The van der Waals surface area contributed by atoms with Crippen molar-refractivity contribution in [3.8, 4) is 5.75 Å². The number of aromatic nitrogens is 2. The quantitative estimate of drug-likeness (QED) is 0.505. The zero-order chi connectivity index (χ0) is 18.1. The Morgan fingerprint density at radius 1 is 1.32 bits per heavy atom. The average molecular weight is 377 g/mol. The third-order valence-electron chi connectivity index (χ3n) is 3.13. The van der Waals surface area contributed by atoms with Gasteiger partial charge in [-0.25, -0.2) is 0 Å². The first-order valence-corrected chi connectivity index (χ1v) is 9.34. The Bertz CT molecular complexity index is 723. The molecule has 0 aliphatic heterocycles. The summed E-state index contributed by atoms with van der Waals surface area (Å²) in [7, 11) is 1.62. The molecule has 6 nitrogen and oxygen atoms in total. The van der Waals surface area contributed by atoms with Crippen molar-refractivity contribution < 1.29 is 9.53 Å². The molecule has 0 unspecified atom stereocenters. The predicted molar refractivity (Wildman–Crippen MR) is 104 cm³/mol. The van der Waals surface area contributed by atoms with Gasteiger partial charge in [-0.15, -0.1) is 23.4 Å². The van der Waals surface area contributed by atoms with Crippen molar-refractivity contribution in [2.45, 2.75) is 4.34 Å². The van der Waals surface area contributed by atoms with E-state index in [1.807, 2.05) is 24.3 Å². The summed E-state index contributed by atoms with van der Waals surface area (Å²) in [5.41, 5.74) is 0.817. The average Bonchev–Trinajstić information content (AvgIpc) is 3.07. The van der Waals surface area contributed by atoms with Gasteiger partial charge >= 0.3 is 0 Å². The van der Waals surface area contributed by atoms with Gasteiger partial charge in [-0.2, -0.15) is 0 Å². The maximum Gasteiger partial charge on any atom is 0.233 e. The minimum Gasteiger partial charge on any atom is -0.495 e. The summed E-state index contributed by atoms with van der Waals surface area (Å²) in [5.74, 6) is 1.04. The molecule has 1 heterocycles. The molecule has 0 bridgehead atoms. The number of para-hydroxylation sites is 2. The molecule has 8 heteroatoms. The lowest BCUT2D eigenvalue weighted by Crippen LogP contribution is -2.32. The predicted octanol–water partition coefficient (Wildman–Crippen LogP) is 3.58. The minimum atomic E-state index is 0.0132. The van der Waals surface area contributed by atoms with Crippen LogP contribution in [0.25, 0.3) is 0 Å². The van der Waals surface area contributed by atoms with Crippen molar-refractivity contribution >= 4 is 39.8 Å². The van der Waals surface area contributed by atoms with Crippen molar-refractivity contribution in [1.82, 2.24) is 15.1 Å². The lowest BCUT2D eigenvalue weighted by atomic mass is 10.3. The highest BCUT2D eigenvalue weighted by atomic mass is 32.2. The topological polar surface area (TPSA) is 67.4 Å². The normalized spacial score (nSPS) is 10.1. The Morgan fingerprint density at radius 3 is 2.72 bits per heavy atom. The van der Waals surface area contributed by atoms with Crippen LogP contribution in [0.4, 0.5) is 10.8 Å². The van der Waals surface area contributed by atoms with Gasteiger partial charge in [0.25, 0.3) is 0 Å². The zero-order valence-corrected chi connectivity index (χ0v) is 15.6. The molecule has 1 aromatic carbocycles. The molecule has 0 aliphatic carbocycles. The first kappa shape index (κ1) is 19.0. The Balaban J connectivity index is 1.94. The first-order valence-electron chi connectivity index (χ1n) is 7.53. The lowest BCUT2D eigenvalue weighted by molar-refractivity contribution is -0.127. The second-order valence-corrected chi connectivity index (χ2v) is 7.06. The number of nitrogens with zero attached hydrogens (tertiary/aromatic N) is 3. The number of carbonyl (C=O) groups excluding carboxylic acids is 1. The summed E-state index contributed by atoms with van der Waals surface area (Å²) in [6, 6.07) is 7.58. The number of hydrogen-bond donors (Lipinski definition) is 1. The molecule has 1 N–H and O–H groups in total. The van der Waals surface area contributed by atoms with Gasteiger partial charge in [0.05, 0.1) is 18.6 Å². The van der Waals surface area contributed by atoms with Gasteiger partial charge in [0.2, 0.25) is 11.0 Å². The van der Waals surface area contributed by atoms with E-state index in [0.717, 1.165) is 15.8 Å². The van der Waals surface area contributed by atoms with Crippen LogP contribution in [-0.2, 0) is 4.79 Å². The maximum atomic E-state index is 12.2. The van der Waals surface area contributed by atoms with Crippen molar-refractivity contribution in [2.24, 2.45) is 0 Å². The van der Waals surface area contributed by atoms with Crippen LogP contribution in [0.1, 0.15) is 0 Å². The summed E-state index contributed by atoms with van der Waals surface area (Å²) in [4.78, 5) is 13.9. The Hall–Kier alpha value is -2.32. The fraction of sp³-hybridized carbons (Fsp3) is 0.235. The minimum absolute atomic E-state index is 0.0132. The number of anilines is 2. The van der Waals surface area contributed by atoms with Crippen LogP contribution >= 0.6 is 23.1 Å². The molecule has 132 valence electrons. The standard InChI is InChI=1S/C17H20N4O2S2/c1-4-10-21(11-5-2)15(22)12-24-17-20-19-16(25-17)18-13-8-6-7-9-14(13)23-3/h4-9H,1-2,10-12H2,3H3,(H,18,19). The Morgan fingerprint density at radius 2 is 2.04 bits per heavy atom. The molecule has 0 saturated heterocycles. The third-order valence-corrected chi connectivity index (χ3v) is 5.08. The van der Waals surface area contributed by atoms with E-state index in [2.05, 4.69) is 28.7 Å². The van der Waals surface area contributed by atoms with Crippen LogP contribution in [0.5, 0.6) is 5.75 Å². The van der Waals surface area contributed by atoms with Gasteiger partial charge in [-0.05, 0) is 12.1 Å². The number of nitrogens with one attached hydrogen (secondary N) is 1. The number of thioether (sulfide) groups is 1. The summed E-state index contributed by atoms with van der Waals surface area (Å²) in [6.45, 7) is 8.34. The van der Waals surface area contributed by atoms with Crippen LogP contribution in [0.15, 0.2) is 53.9 Å². The largest absolute Gasteiger partial charge is 0.495 e. The number of amides is 1. The lowest BCUT2D eigenvalue weighted by Gasteiger charge is -2.18. The molecular weight excluding hydrogens is 356 g/mol. The number of hydrogen-bond acceptors (Lipinski definition) is 7. The Labute approximate surface area is 155 Å². The van der Waals surface area contributed by atoms with E-state index in [9.17, 15) is 4.79 Å². The zero-order valence-electron chi connectivity index (χ0n) is 14.0. The Kier molecular flexibility index (Phi) is 7.49. The van der Waals surface area contributed by atoms with Gasteiger partial charge < -0.3 is 15.0 Å². The van der Waals surface area contributed by atoms with Crippen molar-refractivity contribution in [3.05, 3.63) is 49.6 Å². The molecule has 0 fully saturated rings. The maximum absolute atomic E-state index is 12.2. The number of benzene rings is 1. The van der Waals surface area contributed by atoms with Crippen LogP contribution in [0.2, 0.25) is 0 Å². The second-order valence-electron chi connectivity index (χ2n) is 4.86. The number of ether oxygens (including phenoxy) is 1. The third kappa shape index (κ3) is 5.61. The molecule has 1 aromatic heterocycles. The fourth-order valence-electron chi connectivity index (χ4n) is 1.99. The van der Waals surface area contributed by atoms with Gasteiger partial charge in [-0.3, -0.25) is 4.79 Å². The van der Waals surface area contributed by atoms with E-state index < -0.39 is 0 Å². The summed E-state index contributed by atoms with van der Waals surface area (Å²) >= 11 is 2.75. The fourth-order valence-corrected chi connectivity index (χ4v) is 3.65. The number of methoxy groups -OCH3 is 1. The highest BCUT2D eigenvalue weighted by molar-refractivity contribution is 8.01. The van der Waals surface area contributed by atoms with Gasteiger partial charge in [0.15, 0.2) is 4.34 Å². The van der Waals surface area contributed by atoms with Crippen LogP contribution in [0.3, 0.4) is 0 Å². The van der Waals surface area contributed by atoms with Crippen LogP contribution < -0.4 is 10.1 Å². The van der Waals surface area contributed by atoms with Gasteiger partial charge in [-0.1, -0.05) is 47.4 Å². The second kappa shape index (κ2) is 9.85. The summed E-state index contributed by atoms with van der Waals surface area (Å²) in [6.07, 6.45) is 3.40. The molecule has 0 radical (unpaired) electrons. The van der Waals surface area contributed by atoms with Crippen molar-refractivity contribution in [2.75, 3.05) is 31.3 Å². The molecule has 0 spiro atoms.